The molecule has 0 unspecified atom stereocenters. The third-order valence-corrected chi connectivity index (χ3v) is 1.71. The molecule has 1 aromatic carbocycles. The molecular formula is C9H9BO3. The summed E-state index contributed by atoms with van der Waals surface area (Å²) in [7, 11) is 2.80. The summed E-state index contributed by atoms with van der Waals surface area (Å²) in [5.41, 5.74) is 1.02. The van der Waals surface area contributed by atoms with Crippen LogP contribution in [0.2, 0.25) is 0 Å². The summed E-state index contributed by atoms with van der Waals surface area (Å²) < 4.78 is 4.51. The van der Waals surface area contributed by atoms with E-state index in [0.29, 0.717) is 11.1 Å². The zero-order valence-electron chi connectivity index (χ0n) is 7.53. The lowest BCUT2D eigenvalue weighted by Gasteiger charge is -1.99. The average Bonchev–Trinajstić information content (AvgIpc) is 2.17. The molecule has 4 heteroatoms. The van der Waals surface area contributed by atoms with Gasteiger partial charge < -0.3 is 9.53 Å². The number of benzene rings is 1. The van der Waals surface area contributed by atoms with E-state index in [-0.39, 0.29) is 5.68 Å². The smallest absolute Gasteiger partial charge is 0.337 e. The Morgan fingerprint density at radius 2 is 1.62 bits per heavy atom. The molecule has 1 aromatic rings. The van der Waals surface area contributed by atoms with Crippen molar-refractivity contribution in [3.63, 3.8) is 0 Å². The van der Waals surface area contributed by atoms with Crippen LogP contribution in [0.5, 0.6) is 0 Å². The van der Waals surface area contributed by atoms with Gasteiger partial charge in [0.15, 0.2) is 7.85 Å². The Morgan fingerprint density at radius 1 is 1.15 bits per heavy atom. The molecule has 0 aliphatic carbocycles. The van der Waals surface area contributed by atoms with E-state index >= 15 is 0 Å². The van der Waals surface area contributed by atoms with Crippen LogP contribution in [-0.4, -0.2) is 26.6 Å². The van der Waals surface area contributed by atoms with Gasteiger partial charge in [-0.05, 0) is 12.1 Å². The molecule has 66 valence electrons. The Bertz CT molecular complexity index is 329. The fraction of sp³-hybridized carbons (Fsp3) is 0.111. The molecule has 0 N–H and O–H groups in total. The van der Waals surface area contributed by atoms with E-state index in [1.54, 1.807) is 24.3 Å². The van der Waals surface area contributed by atoms with Crippen LogP contribution in [0.25, 0.3) is 0 Å². The van der Waals surface area contributed by atoms with E-state index in [0.717, 1.165) is 0 Å². The number of hydrogen-bond acceptors (Lipinski definition) is 3. The Kier molecular flexibility index (Phi) is 2.85. The molecule has 0 saturated carbocycles. The molecular weight excluding hydrogens is 167 g/mol. The van der Waals surface area contributed by atoms with Crippen molar-refractivity contribution in [3.05, 3.63) is 35.4 Å². The second-order valence-corrected chi connectivity index (χ2v) is 2.63. The minimum atomic E-state index is -0.393. The molecule has 0 amide bonds. The monoisotopic (exact) mass is 176 g/mol. The maximum absolute atomic E-state index is 11.0. The van der Waals surface area contributed by atoms with E-state index in [1.165, 1.54) is 15.0 Å². The van der Waals surface area contributed by atoms with E-state index < -0.39 is 5.97 Å². The Balaban J connectivity index is 2.93. The van der Waals surface area contributed by atoms with Crippen molar-refractivity contribution in [1.29, 1.82) is 0 Å². The third-order valence-electron chi connectivity index (χ3n) is 1.71. The van der Waals surface area contributed by atoms with Crippen molar-refractivity contribution >= 4 is 19.5 Å². The lowest BCUT2D eigenvalue weighted by atomic mass is 9.94. The van der Waals surface area contributed by atoms with Gasteiger partial charge in [0.25, 0.3) is 0 Å². The highest BCUT2D eigenvalue weighted by molar-refractivity contribution is 6.62. The fourth-order valence-electron chi connectivity index (χ4n) is 0.959. The number of rotatable bonds is 2. The SMILES string of the molecule is BC(=O)c1ccc(C(=O)OC)cc1. The number of methoxy groups -OCH3 is 1. The fourth-order valence-corrected chi connectivity index (χ4v) is 0.959. The van der Waals surface area contributed by atoms with Crippen LogP contribution >= 0.6 is 0 Å². The van der Waals surface area contributed by atoms with Gasteiger partial charge in [-0.15, -0.1) is 0 Å². The van der Waals surface area contributed by atoms with E-state index in [9.17, 15) is 9.59 Å². The van der Waals surface area contributed by atoms with Crippen molar-refractivity contribution < 1.29 is 14.3 Å². The quantitative estimate of drug-likeness (QED) is 0.479. The van der Waals surface area contributed by atoms with Gasteiger partial charge >= 0.3 is 5.97 Å². The highest BCUT2D eigenvalue weighted by Gasteiger charge is 2.05. The highest BCUT2D eigenvalue weighted by Crippen LogP contribution is 2.05. The zero-order chi connectivity index (χ0) is 9.84. The summed E-state index contributed by atoms with van der Waals surface area (Å²) in [5, 5.41) is 0. The average molecular weight is 176 g/mol. The van der Waals surface area contributed by atoms with E-state index in [1.807, 2.05) is 0 Å². The van der Waals surface area contributed by atoms with Gasteiger partial charge in [-0.2, -0.15) is 0 Å². The lowest BCUT2D eigenvalue weighted by Crippen LogP contribution is -2.02. The van der Waals surface area contributed by atoms with Crippen LogP contribution in [0.4, 0.5) is 0 Å². The molecule has 1 rings (SSSR count). The molecule has 0 radical (unpaired) electrons. The minimum Gasteiger partial charge on any atom is -0.465 e. The normalized spacial score (nSPS) is 9.31. The summed E-state index contributed by atoms with van der Waals surface area (Å²) in [6, 6.07) is 6.36. The molecule has 0 fully saturated rings. The molecule has 0 aliphatic heterocycles. The molecule has 0 spiro atoms. The van der Waals surface area contributed by atoms with Crippen molar-refractivity contribution in [3.8, 4) is 0 Å². The van der Waals surface area contributed by atoms with Crippen LogP contribution in [0.15, 0.2) is 24.3 Å². The van der Waals surface area contributed by atoms with Crippen molar-refractivity contribution in [2.45, 2.75) is 0 Å². The first-order valence-corrected chi connectivity index (χ1v) is 3.84. The highest BCUT2D eigenvalue weighted by atomic mass is 16.5. The van der Waals surface area contributed by atoms with E-state index in [4.69, 9.17) is 0 Å². The Labute approximate surface area is 77.1 Å². The first kappa shape index (κ1) is 9.51. The second-order valence-electron chi connectivity index (χ2n) is 2.63. The van der Waals surface area contributed by atoms with Gasteiger partial charge in [0.1, 0.15) is 5.68 Å². The number of esters is 1. The van der Waals surface area contributed by atoms with Crippen LogP contribution in [0.3, 0.4) is 0 Å². The molecule has 0 bridgehead atoms. The van der Waals surface area contributed by atoms with Gasteiger partial charge in [-0.1, -0.05) is 12.1 Å². The Morgan fingerprint density at radius 3 is 2.00 bits per heavy atom. The second kappa shape index (κ2) is 3.89. The van der Waals surface area contributed by atoms with Crippen LogP contribution in [-0.2, 0) is 4.74 Å². The number of hydrogen-bond donors (Lipinski definition) is 0. The molecule has 0 aliphatic rings. The molecule has 0 atom stereocenters. The van der Waals surface area contributed by atoms with Crippen LogP contribution in [0.1, 0.15) is 20.7 Å². The third kappa shape index (κ3) is 2.18. The standard InChI is InChI=1S/C9H9BO3/c1-13-9(12)7-4-2-6(3-5-7)8(10)11/h2-5H,10H2,1H3. The topological polar surface area (TPSA) is 43.4 Å². The summed E-state index contributed by atoms with van der Waals surface area (Å²) in [6.07, 6.45) is 0. The maximum atomic E-state index is 11.0. The molecule has 0 saturated heterocycles. The van der Waals surface area contributed by atoms with Crippen molar-refractivity contribution in [1.82, 2.24) is 0 Å². The summed E-state index contributed by atoms with van der Waals surface area (Å²) in [5.74, 6) is -0.393. The first-order valence-electron chi connectivity index (χ1n) is 3.84. The summed E-state index contributed by atoms with van der Waals surface area (Å²) in [6.45, 7) is 0. The first-order chi connectivity index (χ1) is 6.15. The van der Waals surface area contributed by atoms with Crippen molar-refractivity contribution in [2.75, 3.05) is 7.11 Å². The molecule has 0 heterocycles. The van der Waals surface area contributed by atoms with E-state index in [2.05, 4.69) is 4.74 Å². The number of carbonyl (C=O) groups excluding carboxylic acids is 2. The molecule has 3 nitrogen and oxygen atoms in total. The van der Waals surface area contributed by atoms with Crippen molar-refractivity contribution in [2.24, 2.45) is 0 Å². The lowest BCUT2D eigenvalue weighted by molar-refractivity contribution is 0.0600. The van der Waals surface area contributed by atoms with Crippen LogP contribution < -0.4 is 0 Å². The minimum absolute atomic E-state index is 0.0172. The summed E-state index contributed by atoms with van der Waals surface area (Å²) >= 11 is 0. The van der Waals surface area contributed by atoms with Gasteiger partial charge in [-0.3, -0.25) is 0 Å². The largest absolute Gasteiger partial charge is 0.465 e. The van der Waals surface area contributed by atoms with Gasteiger partial charge in [-0.25, -0.2) is 4.79 Å². The predicted octanol–water partition coefficient (Wildman–Crippen LogP) is 0.246. The van der Waals surface area contributed by atoms with Gasteiger partial charge in [0.2, 0.25) is 0 Å². The van der Waals surface area contributed by atoms with Gasteiger partial charge in [0, 0.05) is 5.56 Å². The maximum Gasteiger partial charge on any atom is 0.337 e. The number of carbonyl (C=O) groups is 2. The van der Waals surface area contributed by atoms with Gasteiger partial charge in [0.05, 0.1) is 12.7 Å². The summed E-state index contributed by atoms with van der Waals surface area (Å²) in [4.78, 5) is 21.9. The Hall–Kier alpha value is -1.58. The zero-order valence-corrected chi connectivity index (χ0v) is 7.53. The molecule has 13 heavy (non-hydrogen) atoms. The number of ether oxygens (including phenoxy) is 1. The predicted molar refractivity (Wildman–Crippen MR) is 50.7 cm³/mol. The van der Waals surface area contributed by atoms with Crippen LogP contribution in [0, 0.1) is 0 Å². The molecule has 0 aromatic heterocycles.